The Bertz CT molecular complexity index is 500. The van der Waals surface area contributed by atoms with Crippen molar-refractivity contribution in [3.8, 4) is 11.1 Å². The highest BCUT2D eigenvalue weighted by Gasteiger charge is 2.09. The van der Waals surface area contributed by atoms with Crippen LogP contribution in [0.3, 0.4) is 0 Å². The molecule has 4 heteroatoms. The Morgan fingerprint density at radius 1 is 0.875 bits per heavy atom. The van der Waals surface area contributed by atoms with E-state index < -0.39 is 16.7 Å². The Hall–Kier alpha value is -0.930. The summed E-state index contributed by atoms with van der Waals surface area (Å²) >= 11 is 8.69. The summed E-state index contributed by atoms with van der Waals surface area (Å²) in [6, 6.07) is 9.58. The Balaban J connectivity index is 2.52. The molecule has 0 spiro atoms. The molecule has 0 saturated heterocycles. The van der Waals surface area contributed by atoms with E-state index in [0.29, 0.717) is 5.56 Å². The van der Waals surface area contributed by atoms with Crippen LogP contribution in [0.5, 0.6) is 0 Å². The first-order chi connectivity index (χ1) is 7.58. The molecule has 0 aromatic heterocycles. The Morgan fingerprint density at radius 3 is 1.88 bits per heavy atom. The molecule has 16 heavy (non-hydrogen) atoms. The van der Waals surface area contributed by atoms with E-state index in [1.165, 1.54) is 12.1 Å². The largest absolute Gasteiger partial charge is 0.205 e. The molecule has 0 amide bonds. The van der Waals surface area contributed by atoms with Crippen molar-refractivity contribution in [2.75, 3.05) is 0 Å². The summed E-state index contributed by atoms with van der Waals surface area (Å²) < 4.78 is 27.4. The van der Waals surface area contributed by atoms with Crippen molar-refractivity contribution in [3.05, 3.63) is 57.5 Å². The zero-order valence-corrected chi connectivity index (χ0v) is 10.3. The molecular formula is C12H6BrClF2. The molecule has 0 aliphatic heterocycles. The van der Waals surface area contributed by atoms with Crippen molar-refractivity contribution in [1.29, 1.82) is 0 Å². The normalized spacial score (nSPS) is 10.5. The fourth-order valence-electron chi connectivity index (χ4n) is 1.36. The third-order valence-corrected chi connectivity index (χ3v) is 3.05. The van der Waals surface area contributed by atoms with Crippen LogP contribution in [0.4, 0.5) is 8.78 Å². The Kier molecular flexibility index (Phi) is 3.26. The van der Waals surface area contributed by atoms with Gasteiger partial charge in [0.05, 0.1) is 0 Å². The minimum Gasteiger partial charge on any atom is -0.205 e. The highest BCUT2D eigenvalue weighted by molar-refractivity contribution is 9.10. The first kappa shape index (κ1) is 11.6. The van der Waals surface area contributed by atoms with Crippen molar-refractivity contribution >= 4 is 27.5 Å². The van der Waals surface area contributed by atoms with Crippen molar-refractivity contribution in [1.82, 2.24) is 0 Å². The van der Waals surface area contributed by atoms with E-state index in [1.807, 2.05) is 0 Å². The van der Waals surface area contributed by atoms with Crippen LogP contribution < -0.4 is 0 Å². The first-order valence-electron chi connectivity index (χ1n) is 4.48. The minimum absolute atomic E-state index is 0.465. The van der Waals surface area contributed by atoms with Gasteiger partial charge >= 0.3 is 0 Å². The number of halogens is 4. The van der Waals surface area contributed by atoms with Crippen molar-refractivity contribution in [2.24, 2.45) is 0 Å². The third kappa shape index (κ3) is 2.25. The van der Waals surface area contributed by atoms with E-state index >= 15 is 0 Å². The van der Waals surface area contributed by atoms with Crippen LogP contribution in [0, 0.1) is 11.6 Å². The lowest BCUT2D eigenvalue weighted by molar-refractivity contribution is 0.585. The summed E-state index contributed by atoms with van der Waals surface area (Å²) in [6.45, 7) is 0. The van der Waals surface area contributed by atoms with Gasteiger partial charge in [0.1, 0.15) is 16.7 Å². The molecule has 0 aliphatic rings. The number of hydrogen-bond donors (Lipinski definition) is 0. The zero-order valence-electron chi connectivity index (χ0n) is 7.98. The molecule has 0 atom stereocenters. The van der Waals surface area contributed by atoms with Crippen molar-refractivity contribution in [3.63, 3.8) is 0 Å². The quantitative estimate of drug-likeness (QED) is 0.647. The summed E-state index contributed by atoms with van der Waals surface area (Å²) in [5, 5.41) is -0.471. The zero-order chi connectivity index (χ0) is 11.7. The lowest BCUT2D eigenvalue weighted by Gasteiger charge is -2.04. The van der Waals surface area contributed by atoms with Crippen LogP contribution in [-0.2, 0) is 0 Å². The molecule has 82 valence electrons. The maximum Gasteiger partial charge on any atom is 0.145 e. The molecule has 0 unspecified atom stereocenters. The maximum atomic E-state index is 13.2. The van der Waals surface area contributed by atoms with E-state index in [2.05, 4.69) is 15.9 Å². The minimum atomic E-state index is -0.750. The maximum absolute atomic E-state index is 13.2. The number of hydrogen-bond acceptors (Lipinski definition) is 0. The van der Waals surface area contributed by atoms with Gasteiger partial charge in [-0.15, -0.1) is 0 Å². The van der Waals surface area contributed by atoms with Gasteiger partial charge in [-0.1, -0.05) is 39.7 Å². The fraction of sp³-hybridized carbons (Fsp3) is 0. The summed E-state index contributed by atoms with van der Waals surface area (Å²) in [6.07, 6.45) is 0. The molecule has 0 fully saturated rings. The smallest absolute Gasteiger partial charge is 0.145 e. The summed E-state index contributed by atoms with van der Waals surface area (Å²) in [5.74, 6) is -1.50. The van der Waals surface area contributed by atoms with Gasteiger partial charge in [0, 0.05) is 4.47 Å². The average Bonchev–Trinajstić information content (AvgIpc) is 2.26. The average molecular weight is 304 g/mol. The number of rotatable bonds is 1. The topological polar surface area (TPSA) is 0 Å². The van der Waals surface area contributed by atoms with Gasteiger partial charge in [0.25, 0.3) is 0 Å². The lowest BCUT2D eigenvalue weighted by Crippen LogP contribution is -1.86. The molecule has 0 saturated carbocycles. The van der Waals surface area contributed by atoms with Gasteiger partial charge < -0.3 is 0 Å². The monoisotopic (exact) mass is 302 g/mol. The van der Waals surface area contributed by atoms with Crippen LogP contribution in [0.15, 0.2) is 40.9 Å². The highest BCUT2D eigenvalue weighted by Crippen LogP contribution is 2.27. The van der Waals surface area contributed by atoms with Gasteiger partial charge in [-0.05, 0) is 35.4 Å². The van der Waals surface area contributed by atoms with Crippen molar-refractivity contribution in [2.45, 2.75) is 0 Å². The van der Waals surface area contributed by atoms with Gasteiger partial charge in [-0.3, -0.25) is 0 Å². The molecule has 0 aliphatic carbocycles. The van der Waals surface area contributed by atoms with Gasteiger partial charge in [-0.2, -0.15) is 0 Å². The molecule has 0 radical (unpaired) electrons. The van der Waals surface area contributed by atoms with E-state index in [-0.39, 0.29) is 0 Å². The van der Waals surface area contributed by atoms with Crippen LogP contribution in [0.2, 0.25) is 5.02 Å². The van der Waals surface area contributed by atoms with E-state index in [4.69, 9.17) is 11.6 Å². The molecule has 2 aromatic carbocycles. The highest BCUT2D eigenvalue weighted by atomic mass is 79.9. The van der Waals surface area contributed by atoms with E-state index in [9.17, 15) is 8.78 Å². The molecule has 2 aromatic rings. The van der Waals surface area contributed by atoms with Crippen LogP contribution in [0.25, 0.3) is 11.1 Å². The lowest BCUT2D eigenvalue weighted by atomic mass is 10.1. The molecule has 0 nitrogen and oxygen atoms in total. The van der Waals surface area contributed by atoms with Crippen LogP contribution in [0.1, 0.15) is 0 Å². The molecule has 0 bridgehead atoms. The number of benzene rings is 2. The van der Waals surface area contributed by atoms with Gasteiger partial charge in [0.15, 0.2) is 0 Å². The standard InChI is InChI=1S/C12H6BrClF2/c13-9-3-1-7(2-4-9)8-5-10(15)12(14)11(16)6-8/h1-6H. The predicted molar refractivity (Wildman–Crippen MR) is 64.5 cm³/mol. The summed E-state index contributed by atoms with van der Waals surface area (Å²) in [7, 11) is 0. The fourth-order valence-corrected chi connectivity index (χ4v) is 1.74. The molecule has 0 heterocycles. The van der Waals surface area contributed by atoms with E-state index in [0.717, 1.165) is 10.0 Å². The summed E-state index contributed by atoms with van der Waals surface area (Å²) in [5.41, 5.74) is 1.20. The SMILES string of the molecule is Fc1cc(-c2ccc(Br)cc2)cc(F)c1Cl. The first-order valence-corrected chi connectivity index (χ1v) is 5.65. The second-order valence-electron chi connectivity index (χ2n) is 3.26. The van der Waals surface area contributed by atoms with E-state index in [1.54, 1.807) is 24.3 Å². The second kappa shape index (κ2) is 4.52. The van der Waals surface area contributed by atoms with Gasteiger partial charge in [-0.25, -0.2) is 8.78 Å². The molecule has 2 rings (SSSR count). The Labute approximate surface area is 105 Å². The van der Waals surface area contributed by atoms with Crippen molar-refractivity contribution < 1.29 is 8.78 Å². The third-order valence-electron chi connectivity index (χ3n) is 2.16. The van der Waals surface area contributed by atoms with Crippen LogP contribution in [-0.4, -0.2) is 0 Å². The predicted octanol–water partition coefficient (Wildman–Crippen LogP) is 5.05. The van der Waals surface area contributed by atoms with Crippen LogP contribution >= 0.6 is 27.5 Å². The second-order valence-corrected chi connectivity index (χ2v) is 4.55. The molecular weight excluding hydrogens is 297 g/mol. The Morgan fingerprint density at radius 2 is 1.38 bits per heavy atom. The summed E-state index contributed by atoms with van der Waals surface area (Å²) in [4.78, 5) is 0. The molecule has 0 N–H and O–H groups in total. The van der Waals surface area contributed by atoms with Gasteiger partial charge in [0.2, 0.25) is 0 Å².